The van der Waals surface area contributed by atoms with E-state index in [2.05, 4.69) is 6.07 Å². The van der Waals surface area contributed by atoms with Gasteiger partial charge in [0.25, 0.3) is 6.71 Å². The molecule has 0 radical (unpaired) electrons. The Morgan fingerprint density at radius 1 is 0.263 bits per heavy atom. The highest BCUT2D eigenvalue weighted by Gasteiger charge is 2.45. The van der Waals surface area contributed by atoms with Crippen molar-refractivity contribution in [2.75, 3.05) is 9.80 Å². The minimum atomic E-state index is -1.10. The zero-order valence-electron chi connectivity index (χ0n) is 75.7. The van der Waals surface area contributed by atoms with Crippen molar-refractivity contribution in [3.63, 3.8) is 0 Å². The highest BCUT2D eigenvalue weighted by molar-refractivity contribution is 7.00. The van der Waals surface area contributed by atoms with Crippen molar-refractivity contribution in [3.05, 3.63) is 345 Å². The van der Waals surface area contributed by atoms with E-state index in [9.17, 15) is 32.7 Å². The molecule has 0 fully saturated rings. The van der Waals surface area contributed by atoms with Gasteiger partial charge in [-0.05, 0) is 154 Å². The summed E-state index contributed by atoms with van der Waals surface area (Å²) in [7, 11) is 0. The molecule has 0 amide bonds. The third-order valence-corrected chi connectivity index (χ3v) is 19.5. The average molecular weight is 1280 g/mol. The summed E-state index contributed by atoms with van der Waals surface area (Å²) in [6.07, 6.45) is 0. The smallest absolute Gasteiger partial charge is 0.252 e. The Kier molecular flexibility index (Phi) is 7.87. The lowest BCUT2D eigenvalue weighted by molar-refractivity contribution is 1.14. The number of nitrogens with zero attached hydrogens (tertiary/aromatic N) is 7. The number of fused-ring (bicyclic) bond motifs is 16. The molecule has 0 bridgehead atoms. The molecular formula is C91H56BN7. The largest absolute Gasteiger partial charge is 0.311 e. The third kappa shape index (κ3) is 8.01. The lowest BCUT2D eigenvalue weighted by atomic mass is 9.33. The molecule has 6 heterocycles. The fourth-order valence-corrected chi connectivity index (χ4v) is 15.5. The van der Waals surface area contributed by atoms with E-state index in [1.54, 1.807) is 66.7 Å². The molecule has 0 aliphatic carbocycles. The maximum absolute atomic E-state index is 12.6. The molecule has 8 heteroatoms. The van der Waals surface area contributed by atoms with Crippen LogP contribution in [-0.2, 0) is 0 Å². The number of aromatic nitrogens is 4. The van der Waals surface area contributed by atoms with Crippen LogP contribution in [-0.4, -0.2) is 25.0 Å². The maximum atomic E-state index is 12.6. The first-order valence-electron chi connectivity index (χ1n) is 43.9. The zero-order valence-corrected chi connectivity index (χ0v) is 51.7. The van der Waals surface area contributed by atoms with Gasteiger partial charge in [-0.3, -0.25) is 0 Å². The zero-order chi connectivity index (χ0) is 85.9. The van der Waals surface area contributed by atoms with E-state index in [-0.39, 0.29) is 111 Å². The first-order valence-corrected chi connectivity index (χ1v) is 31.9. The fourth-order valence-electron chi connectivity index (χ4n) is 15.5. The fraction of sp³-hybridized carbons (Fsp3) is 0. The van der Waals surface area contributed by atoms with Crippen molar-refractivity contribution in [1.29, 1.82) is 5.26 Å². The van der Waals surface area contributed by atoms with Crippen LogP contribution < -0.4 is 26.2 Å². The van der Waals surface area contributed by atoms with E-state index in [0.29, 0.717) is 44.6 Å². The maximum Gasteiger partial charge on any atom is 0.252 e. The minimum absolute atomic E-state index is 0.00453. The van der Waals surface area contributed by atoms with E-state index in [4.69, 9.17) is 5.48 Å². The van der Waals surface area contributed by atoms with Gasteiger partial charge in [0.1, 0.15) is 11.6 Å². The molecule has 15 aromatic carbocycles. The van der Waals surface area contributed by atoms with Gasteiger partial charge in [0.15, 0.2) is 0 Å². The van der Waals surface area contributed by atoms with Crippen molar-refractivity contribution in [2.24, 2.45) is 0 Å². The normalized spacial score (nSPS) is 16.0. The summed E-state index contributed by atoms with van der Waals surface area (Å²) in [5.41, 5.74) is 6.47. The van der Waals surface area contributed by atoms with Crippen LogP contribution in [0.25, 0.3) is 132 Å². The van der Waals surface area contributed by atoms with Gasteiger partial charge in [-0.2, -0.15) is 5.26 Å². The molecule has 21 rings (SSSR count). The van der Waals surface area contributed by atoms with Crippen LogP contribution in [0.2, 0.25) is 0 Å². The van der Waals surface area contributed by atoms with Crippen LogP contribution in [0.4, 0.5) is 34.1 Å². The molecule has 2 aliphatic heterocycles. The summed E-state index contributed by atoms with van der Waals surface area (Å²) in [5.74, 6) is 0. The van der Waals surface area contributed by atoms with Crippen LogP contribution >= 0.6 is 0 Å². The van der Waals surface area contributed by atoms with E-state index in [1.807, 2.05) is 142 Å². The molecule has 0 saturated heterocycles. The second-order valence-electron chi connectivity index (χ2n) is 24.5. The van der Waals surface area contributed by atoms with Crippen molar-refractivity contribution in [1.82, 2.24) is 18.3 Å². The molecule has 0 unspecified atom stereocenters. The van der Waals surface area contributed by atoms with Crippen LogP contribution in [0, 0.1) is 11.3 Å². The van der Waals surface area contributed by atoms with E-state index in [0.717, 1.165) is 32.9 Å². The molecule has 99 heavy (non-hydrogen) atoms. The van der Waals surface area contributed by atoms with Crippen LogP contribution in [0.15, 0.2) is 339 Å². The number of para-hydroxylation sites is 8. The Balaban J connectivity index is 0.992. The Labute approximate surface area is 604 Å². The Hall–Kier alpha value is -13.3. The molecule has 4 aromatic heterocycles. The van der Waals surface area contributed by atoms with Crippen molar-refractivity contribution < 1.29 is 32.9 Å². The number of rotatable bonds is 8. The van der Waals surface area contributed by atoms with E-state index < -0.39 is 152 Å². The number of hydrogen-bond donors (Lipinski definition) is 0. The Morgan fingerprint density at radius 3 is 1.08 bits per heavy atom. The first-order chi connectivity index (χ1) is 59.1. The van der Waals surface area contributed by atoms with Gasteiger partial charge in [0, 0.05) is 82.9 Å². The predicted molar refractivity (Wildman–Crippen MR) is 413 cm³/mol. The molecule has 0 N–H and O–H groups in total. The van der Waals surface area contributed by atoms with Crippen LogP contribution in [0.3, 0.4) is 0 Å². The summed E-state index contributed by atoms with van der Waals surface area (Å²) in [4.78, 5) is 3.75. The highest BCUT2D eigenvalue weighted by Crippen LogP contribution is 2.51. The van der Waals surface area contributed by atoms with Crippen molar-refractivity contribution in [3.8, 4) is 51.1 Å². The predicted octanol–water partition coefficient (Wildman–Crippen LogP) is 21.4. The molecule has 19 aromatic rings. The number of nitriles is 1. The molecule has 0 saturated carbocycles. The highest BCUT2D eigenvalue weighted by atomic mass is 15.2. The van der Waals surface area contributed by atoms with Crippen LogP contribution in [0.1, 0.15) is 38.5 Å². The molecule has 7 nitrogen and oxygen atoms in total. The lowest BCUT2D eigenvalue weighted by Crippen LogP contribution is -2.61. The van der Waals surface area contributed by atoms with Gasteiger partial charge in [-0.25, -0.2) is 0 Å². The van der Waals surface area contributed by atoms with Gasteiger partial charge in [0.2, 0.25) is 0 Å². The van der Waals surface area contributed by atoms with E-state index in [1.165, 1.54) is 13.7 Å². The number of benzene rings is 15. The quantitative estimate of drug-likeness (QED) is 0.142. The Morgan fingerprint density at radius 2 is 0.636 bits per heavy atom. The second-order valence-corrected chi connectivity index (χ2v) is 24.5. The molecular weight excluding hydrogens is 1200 g/mol. The standard InChI is InChI=1S/C91H56BN7/c93-57-74-85(98-83-42-21-13-34-72(83)73-35-14-22-43-84(73)98)44-23-45-86(74)99-88-54-63(95-79-38-17-9-30-68(79)69-31-10-18-39-80(69)95)47-49-76(88)92-75-48-46-62(94-77-36-15-7-28-66(77)67-29-8-16-37-78(67)94)53-87(75)97(64-51-60(58-24-3-1-4-25-58)50-61(52-64)59-26-5-2-6-27-59)89-55-65(56-90(99)91(89)92)96-81-40-19-11-32-70(81)71-33-12-20-41-82(71)96/h1-56H/i7D,8D,9D,10D,11D,12D,15D,16D,17D,18D,19D,20D,28D,29D,30D,31D,32D,33D,36D,37D,38D,39D,40D,41D. The third-order valence-electron chi connectivity index (χ3n) is 19.5. The number of hydrogen-bond acceptors (Lipinski definition) is 3. The first kappa shape index (κ1) is 36.5. The summed E-state index contributed by atoms with van der Waals surface area (Å²) in [6.45, 7) is -1.10. The second kappa shape index (κ2) is 21.3. The summed E-state index contributed by atoms with van der Waals surface area (Å²) >= 11 is 0. The van der Waals surface area contributed by atoms with Gasteiger partial charge in [-0.1, -0.05) is 224 Å². The van der Waals surface area contributed by atoms with Gasteiger partial charge in [0.05, 0.1) is 94.1 Å². The van der Waals surface area contributed by atoms with E-state index >= 15 is 0 Å². The summed E-state index contributed by atoms with van der Waals surface area (Å²) < 4.78 is 234. The van der Waals surface area contributed by atoms with Gasteiger partial charge in [-0.15, -0.1) is 0 Å². The molecule has 0 atom stereocenters. The SMILES string of the molecule is [2H]c1c([2H])c([2H])c2c(c1[2H])c1c([2H])c([2H])c([2H])c([2H])c1n2-c1ccc2c(c1)N(c1cc(-c3ccccc3)cc(-c3ccccc3)c1)c1cc(-n3c4c([2H])c([2H])c([2H])c([2H])c4c4c([2H])c([2H])c([2H])c([2H])c43)cc3c1B2c1ccc(-n2c4c([2H])c([2H])c([2H])c([2H])c4c4c([2H])c([2H])c([2H])c([2H])c42)cc1N3c1cccc(-n2c3ccccc3c3ccccc32)c1C#N. The van der Waals surface area contributed by atoms with Gasteiger partial charge < -0.3 is 28.1 Å². The number of anilines is 6. The van der Waals surface area contributed by atoms with Crippen LogP contribution in [0.5, 0.6) is 0 Å². The molecule has 458 valence electrons. The minimum Gasteiger partial charge on any atom is -0.311 e. The van der Waals surface area contributed by atoms with Gasteiger partial charge >= 0.3 is 0 Å². The summed E-state index contributed by atoms with van der Waals surface area (Å²) in [6, 6.07) is 46.7. The van der Waals surface area contributed by atoms with Crippen molar-refractivity contribution >= 4 is 144 Å². The molecule has 0 spiro atoms. The monoisotopic (exact) mass is 1280 g/mol. The Bertz CT molecular complexity index is 7840. The lowest BCUT2D eigenvalue weighted by Gasteiger charge is -2.45. The topological polar surface area (TPSA) is 50.0 Å². The van der Waals surface area contributed by atoms with Crippen molar-refractivity contribution in [2.45, 2.75) is 0 Å². The average Bonchev–Trinajstić information content (AvgIpc) is 1.68. The summed E-state index contributed by atoms with van der Waals surface area (Å²) in [5, 5.41) is 12.9. The molecule has 2 aliphatic rings.